The van der Waals surface area contributed by atoms with Crippen molar-refractivity contribution in [3.8, 4) is 12.1 Å². The zero-order valence-electron chi connectivity index (χ0n) is 7.93. The fourth-order valence-corrected chi connectivity index (χ4v) is 0.277. The minimum atomic E-state index is -1.10. The number of nitrogens with zero attached hydrogens (tertiary/aromatic N) is 2. The molecular formula is C9H8N2O4. The van der Waals surface area contributed by atoms with E-state index in [0.29, 0.717) is 0 Å². The van der Waals surface area contributed by atoms with Gasteiger partial charge in [-0.05, 0) is 0 Å². The van der Waals surface area contributed by atoms with Crippen molar-refractivity contribution in [2.45, 2.75) is 0 Å². The maximum Gasteiger partial charge on any atom is 0.347 e. The Morgan fingerprint density at radius 2 is 2.00 bits per heavy atom. The first-order valence-corrected chi connectivity index (χ1v) is 3.46. The number of methoxy groups -OCH3 is 1. The fraction of sp³-hybridized carbons (Fsp3) is 0.111. The summed E-state index contributed by atoms with van der Waals surface area (Å²) in [6.07, 6.45) is 1.68. The Bertz CT molecular complexity index is 357. The standard InChI is InChI=1S/C5H5NO2.C4H3NO2/c1-4(3-6)5(7)8-2;5-3-1-2-4(6)7/h1H2,2H3;1-2H,(H,6,7). The van der Waals surface area contributed by atoms with Gasteiger partial charge in [0.05, 0.1) is 13.2 Å². The predicted molar refractivity (Wildman–Crippen MR) is 49.2 cm³/mol. The van der Waals surface area contributed by atoms with Gasteiger partial charge in [-0.1, -0.05) is 6.58 Å². The third-order valence-electron chi connectivity index (χ3n) is 0.867. The molecule has 0 aliphatic carbocycles. The van der Waals surface area contributed by atoms with Crippen molar-refractivity contribution in [2.75, 3.05) is 7.11 Å². The summed E-state index contributed by atoms with van der Waals surface area (Å²) in [7, 11) is 1.20. The molecule has 0 saturated carbocycles. The SMILES string of the molecule is C=C(C#N)C(=O)OC.N#CC=CC(=O)O. The van der Waals surface area contributed by atoms with Crippen LogP contribution < -0.4 is 0 Å². The summed E-state index contributed by atoms with van der Waals surface area (Å²) < 4.78 is 4.14. The van der Waals surface area contributed by atoms with Crippen LogP contribution >= 0.6 is 0 Å². The number of carbonyl (C=O) groups is 2. The van der Waals surface area contributed by atoms with Crippen LogP contribution in [0.4, 0.5) is 0 Å². The average Bonchev–Trinajstić information content (AvgIpc) is 2.24. The maximum atomic E-state index is 10.2. The van der Waals surface area contributed by atoms with Gasteiger partial charge in [0.15, 0.2) is 0 Å². The Kier molecular flexibility index (Phi) is 9.42. The van der Waals surface area contributed by atoms with Crippen LogP contribution in [0.25, 0.3) is 0 Å². The van der Waals surface area contributed by atoms with E-state index in [4.69, 9.17) is 15.6 Å². The van der Waals surface area contributed by atoms with E-state index in [0.717, 1.165) is 12.2 Å². The zero-order chi connectivity index (χ0) is 12.3. The number of carboxylic acid groups (broad SMARTS) is 1. The second-order valence-electron chi connectivity index (χ2n) is 1.88. The summed E-state index contributed by atoms with van der Waals surface area (Å²) >= 11 is 0. The highest BCUT2D eigenvalue weighted by Crippen LogP contribution is 1.87. The van der Waals surface area contributed by atoms with Gasteiger partial charge in [-0.15, -0.1) is 0 Å². The number of aliphatic carboxylic acids is 1. The highest BCUT2D eigenvalue weighted by molar-refractivity contribution is 5.91. The van der Waals surface area contributed by atoms with Crippen LogP contribution in [0.2, 0.25) is 0 Å². The molecule has 0 aromatic carbocycles. The van der Waals surface area contributed by atoms with Crippen molar-refractivity contribution in [1.29, 1.82) is 10.5 Å². The molecule has 0 heterocycles. The third-order valence-corrected chi connectivity index (χ3v) is 0.867. The lowest BCUT2D eigenvalue weighted by Gasteiger charge is -1.89. The van der Waals surface area contributed by atoms with E-state index < -0.39 is 11.9 Å². The molecule has 0 aromatic heterocycles. The van der Waals surface area contributed by atoms with Crippen molar-refractivity contribution in [3.63, 3.8) is 0 Å². The minimum absolute atomic E-state index is 0.174. The quantitative estimate of drug-likeness (QED) is 0.399. The molecule has 6 nitrogen and oxygen atoms in total. The molecule has 0 aliphatic heterocycles. The number of ether oxygens (including phenoxy) is 1. The van der Waals surface area contributed by atoms with Gasteiger partial charge >= 0.3 is 11.9 Å². The summed E-state index contributed by atoms with van der Waals surface area (Å²) in [5, 5.41) is 23.5. The molecule has 0 atom stereocenters. The molecule has 15 heavy (non-hydrogen) atoms. The van der Waals surface area contributed by atoms with Crippen LogP contribution in [0, 0.1) is 22.7 Å². The number of esters is 1. The normalized spacial score (nSPS) is 7.67. The van der Waals surface area contributed by atoms with Crippen molar-refractivity contribution in [3.05, 3.63) is 24.3 Å². The molecule has 78 valence electrons. The minimum Gasteiger partial charge on any atom is -0.478 e. The van der Waals surface area contributed by atoms with Gasteiger partial charge in [0.1, 0.15) is 11.6 Å². The first-order valence-electron chi connectivity index (χ1n) is 3.46. The van der Waals surface area contributed by atoms with Crippen LogP contribution in [-0.4, -0.2) is 24.2 Å². The van der Waals surface area contributed by atoms with Crippen LogP contribution in [0.3, 0.4) is 0 Å². The zero-order valence-corrected chi connectivity index (χ0v) is 7.93. The Morgan fingerprint density at radius 1 is 1.47 bits per heavy atom. The lowest BCUT2D eigenvalue weighted by atomic mass is 10.3. The smallest absolute Gasteiger partial charge is 0.347 e. The number of hydrogen-bond acceptors (Lipinski definition) is 5. The third kappa shape index (κ3) is 11.4. The molecule has 0 rings (SSSR count). The molecule has 0 aromatic rings. The summed E-state index contributed by atoms with van der Waals surface area (Å²) in [4.78, 5) is 19.7. The lowest BCUT2D eigenvalue weighted by Crippen LogP contribution is -2.00. The highest BCUT2D eigenvalue weighted by Gasteiger charge is 2.01. The van der Waals surface area contributed by atoms with E-state index in [-0.39, 0.29) is 5.57 Å². The van der Waals surface area contributed by atoms with Crippen LogP contribution in [0.1, 0.15) is 0 Å². The Balaban J connectivity index is 0. The topological polar surface area (TPSA) is 111 Å². The first kappa shape index (κ1) is 14.9. The predicted octanol–water partition coefficient (Wildman–Crippen LogP) is 0.390. The molecule has 0 saturated heterocycles. The van der Waals surface area contributed by atoms with Crippen molar-refractivity contribution < 1.29 is 19.4 Å². The largest absolute Gasteiger partial charge is 0.478 e. The molecule has 0 spiro atoms. The molecule has 6 heteroatoms. The highest BCUT2D eigenvalue weighted by atomic mass is 16.5. The van der Waals surface area contributed by atoms with E-state index in [2.05, 4.69) is 11.3 Å². The Labute approximate surface area is 86.3 Å². The van der Waals surface area contributed by atoms with Crippen LogP contribution in [0.15, 0.2) is 24.3 Å². The van der Waals surface area contributed by atoms with Gasteiger partial charge in [0, 0.05) is 12.2 Å². The Hall–Kier alpha value is -2.60. The first-order chi connectivity index (χ1) is 6.99. The number of carbonyl (C=O) groups excluding carboxylic acids is 1. The summed E-state index contributed by atoms with van der Waals surface area (Å²) in [6.45, 7) is 3.11. The molecule has 0 unspecified atom stereocenters. The molecular weight excluding hydrogens is 200 g/mol. The fourth-order valence-electron chi connectivity index (χ4n) is 0.277. The van der Waals surface area contributed by atoms with Crippen molar-refractivity contribution in [1.82, 2.24) is 0 Å². The number of allylic oxidation sites excluding steroid dienone is 1. The number of carboxylic acids is 1. The van der Waals surface area contributed by atoms with E-state index in [1.807, 2.05) is 0 Å². The second-order valence-corrected chi connectivity index (χ2v) is 1.88. The molecule has 1 N–H and O–H groups in total. The number of hydrogen-bond donors (Lipinski definition) is 1. The lowest BCUT2D eigenvalue weighted by molar-refractivity contribution is -0.135. The second kappa shape index (κ2) is 9.49. The molecule has 0 bridgehead atoms. The summed E-state index contributed by atoms with van der Waals surface area (Å²) in [5.74, 6) is -1.77. The Morgan fingerprint density at radius 3 is 2.13 bits per heavy atom. The van der Waals surface area contributed by atoms with E-state index >= 15 is 0 Å². The average molecular weight is 208 g/mol. The van der Waals surface area contributed by atoms with Crippen molar-refractivity contribution in [2.24, 2.45) is 0 Å². The maximum absolute atomic E-state index is 10.2. The van der Waals surface area contributed by atoms with E-state index in [9.17, 15) is 9.59 Å². The van der Waals surface area contributed by atoms with Crippen LogP contribution in [0.5, 0.6) is 0 Å². The molecule has 0 fully saturated rings. The molecule has 0 amide bonds. The monoisotopic (exact) mass is 208 g/mol. The van der Waals surface area contributed by atoms with Gasteiger partial charge in [0.2, 0.25) is 0 Å². The van der Waals surface area contributed by atoms with E-state index in [1.54, 1.807) is 6.07 Å². The van der Waals surface area contributed by atoms with Gasteiger partial charge in [-0.2, -0.15) is 10.5 Å². The van der Waals surface area contributed by atoms with Crippen LogP contribution in [-0.2, 0) is 14.3 Å². The van der Waals surface area contributed by atoms with Gasteiger partial charge in [-0.3, -0.25) is 0 Å². The van der Waals surface area contributed by atoms with Gasteiger partial charge in [-0.25, -0.2) is 9.59 Å². The van der Waals surface area contributed by atoms with Crippen molar-refractivity contribution >= 4 is 11.9 Å². The number of rotatable bonds is 2. The molecule has 0 radical (unpaired) electrons. The summed E-state index contributed by atoms with van der Waals surface area (Å²) in [6, 6.07) is 3.08. The van der Waals surface area contributed by atoms with E-state index in [1.165, 1.54) is 13.2 Å². The number of nitriles is 2. The van der Waals surface area contributed by atoms with Gasteiger partial charge in [0.25, 0.3) is 0 Å². The van der Waals surface area contributed by atoms with Gasteiger partial charge < -0.3 is 9.84 Å². The molecule has 0 aliphatic rings. The summed E-state index contributed by atoms with van der Waals surface area (Å²) in [5.41, 5.74) is -0.174.